The third-order valence-electron chi connectivity index (χ3n) is 4.29. The second-order valence-electron chi connectivity index (χ2n) is 6.08. The first kappa shape index (κ1) is 16.0. The number of carboxylic acid groups (broad SMARTS) is 1. The molecule has 0 fully saturated rings. The predicted octanol–water partition coefficient (Wildman–Crippen LogP) is 2.19. The van der Waals surface area contributed by atoms with Crippen LogP contribution in [0.15, 0.2) is 42.6 Å². The number of amides is 1. The Morgan fingerprint density at radius 1 is 1.17 bits per heavy atom. The van der Waals surface area contributed by atoms with E-state index in [0.717, 1.165) is 16.9 Å². The van der Waals surface area contributed by atoms with Gasteiger partial charge in [0.25, 0.3) is 5.91 Å². The lowest BCUT2D eigenvalue weighted by molar-refractivity contribution is -0.138. The number of fused-ring (bicyclic) bond motifs is 1. The average molecular weight is 325 g/mol. The van der Waals surface area contributed by atoms with Crippen molar-refractivity contribution >= 4 is 17.7 Å². The zero-order valence-electron chi connectivity index (χ0n) is 13.6. The van der Waals surface area contributed by atoms with Crippen LogP contribution in [0.3, 0.4) is 0 Å². The van der Waals surface area contributed by atoms with Gasteiger partial charge in [0.15, 0.2) is 0 Å². The summed E-state index contributed by atoms with van der Waals surface area (Å²) in [5, 5.41) is 12.3. The van der Waals surface area contributed by atoms with E-state index in [1.807, 2.05) is 43.3 Å². The number of carbonyl (C=O) groups is 2. The van der Waals surface area contributed by atoms with E-state index in [1.165, 1.54) is 6.20 Å². The molecule has 1 heterocycles. The van der Waals surface area contributed by atoms with Crippen LogP contribution < -0.4 is 10.2 Å². The summed E-state index contributed by atoms with van der Waals surface area (Å²) >= 11 is 0. The van der Waals surface area contributed by atoms with E-state index in [1.54, 1.807) is 12.1 Å². The van der Waals surface area contributed by atoms with Crippen molar-refractivity contribution in [2.24, 2.45) is 0 Å². The normalized spacial score (nSPS) is 18.8. The van der Waals surface area contributed by atoms with Gasteiger partial charge in [-0.3, -0.25) is 9.59 Å². The molecule has 2 N–H and O–H groups in total. The molecule has 0 saturated heterocycles. The van der Waals surface area contributed by atoms with E-state index < -0.39 is 11.9 Å². The van der Waals surface area contributed by atoms with E-state index in [0.29, 0.717) is 12.0 Å². The van der Waals surface area contributed by atoms with Crippen molar-refractivity contribution in [1.29, 1.82) is 0 Å². The molecule has 2 atom stereocenters. The molecule has 6 nitrogen and oxygen atoms in total. The minimum Gasteiger partial charge on any atom is -0.481 e. The summed E-state index contributed by atoms with van der Waals surface area (Å²) in [6.45, 7) is 0. The van der Waals surface area contributed by atoms with Gasteiger partial charge in [-0.25, -0.2) is 4.98 Å². The van der Waals surface area contributed by atoms with Crippen LogP contribution in [-0.4, -0.2) is 36.1 Å². The zero-order valence-corrected chi connectivity index (χ0v) is 13.6. The van der Waals surface area contributed by atoms with Crippen LogP contribution in [0.5, 0.6) is 0 Å². The maximum absolute atomic E-state index is 12.5. The summed E-state index contributed by atoms with van der Waals surface area (Å²) in [5.41, 5.74) is 2.10. The minimum atomic E-state index is -0.865. The first-order valence-corrected chi connectivity index (χ1v) is 7.73. The molecule has 0 bridgehead atoms. The van der Waals surface area contributed by atoms with E-state index in [4.69, 9.17) is 0 Å². The van der Waals surface area contributed by atoms with Crippen molar-refractivity contribution in [3.8, 4) is 0 Å². The maximum Gasteiger partial charge on any atom is 0.311 e. The summed E-state index contributed by atoms with van der Waals surface area (Å²) in [7, 11) is 3.76. The number of hydrogen-bond acceptors (Lipinski definition) is 4. The fraction of sp³-hybridized carbons (Fsp3) is 0.278. The fourth-order valence-electron chi connectivity index (χ4n) is 3.03. The van der Waals surface area contributed by atoms with Gasteiger partial charge in [-0.15, -0.1) is 0 Å². The molecule has 1 aromatic heterocycles. The molecule has 1 amide bonds. The Kier molecular flexibility index (Phi) is 4.20. The van der Waals surface area contributed by atoms with Crippen molar-refractivity contribution in [3.63, 3.8) is 0 Å². The zero-order chi connectivity index (χ0) is 17.3. The Labute approximate surface area is 140 Å². The second-order valence-corrected chi connectivity index (χ2v) is 6.08. The lowest BCUT2D eigenvalue weighted by Gasteiger charge is -2.15. The number of pyridine rings is 1. The molecule has 1 aliphatic carbocycles. The quantitative estimate of drug-likeness (QED) is 0.900. The smallest absolute Gasteiger partial charge is 0.311 e. The Balaban J connectivity index is 1.79. The van der Waals surface area contributed by atoms with Crippen LogP contribution >= 0.6 is 0 Å². The standard InChI is InChI=1S/C18H19N3O3/c1-21(2)16-8-7-11(10-19-16)17(22)20-15-9-14(18(23)24)12-5-3-4-6-13(12)15/h3-8,10,14-15H,9H2,1-2H3,(H,20,22)(H,23,24). The fourth-order valence-corrected chi connectivity index (χ4v) is 3.03. The van der Waals surface area contributed by atoms with Crippen molar-refractivity contribution < 1.29 is 14.7 Å². The highest BCUT2D eigenvalue weighted by molar-refractivity contribution is 5.94. The van der Waals surface area contributed by atoms with Crippen LogP contribution in [0.2, 0.25) is 0 Å². The van der Waals surface area contributed by atoms with Gasteiger partial charge in [-0.2, -0.15) is 0 Å². The molecule has 2 unspecified atom stereocenters. The minimum absolute atomic E-state index is 0.251. The number of hydrogen-bond donors (Lipinski definition) is 2. The van der Waals surface area contributed by atoms with Crippen molar-refractivity contribution in [2.45, 2.75) is 18.4 Å². The summed E-state index contributed by atoms with van der Waals surface area (Å²) in [6.07, 6.45) is 1.89. The van der Waals surface area contributed by atoms with E-state index in [2.05, 4.69) is 10.3 Å². The molecule has 0 spiro atoms. The monoisotopic (exact) mass is 325 g/mol. The van der Waals surface area contributed by atoms with Gasteiger partial charge in [0.1, 0.15) is 5.82 Å². The molecule has 24 heavy (non-hydrogen) atoms. The molecule has 1 aromatic carbocycles. The van der Waals surface area contributed by atoms with E-state index >= 15 is 0 Å². The topological polar surface area (TPSA) is 82.5 Å². The number of aliphatic carboxylic acids is 1. The summed E-state index contributed by atoms with van der Waals surface area (Å²) in [5.74, 6) is -0.931. The molecule has 1 aliphatic rings. The Hall–Kier alpha value is -2.89. The number of carbonyl (C=O) groups excluding carboxylic acids is 1. The number of nitrogens with one attached hydrogen (secondary N) is 1. The van der Waals surface area contributed by atoms with Crippen LogP contribution in [-0.2, 0) is 4.79 Å². The van der Waals surface area contributed by atoms with Crippen LogP contribution in [0.1, 0.15) is 39.9 Å². The average Bonchev–Trinajstić information content (AvgIpc) is 2.94. The number of nitrogens with zero attached hydrogens (tertiary/aromatic N) is 2. The molecule has 3 rings (SSSR count). The third-order valence-corrected chi connectivity index (χ3v) is 4.29. The van der Waals surface area contributed by atoms with Crippen LogP contribution in [0.4, 0.5) is 5.82 Å². The molecule has 0 aliphatic heterocycles. The number of rotatable bonds is 4. The van der Waals surface area contributed by atoms with E-state index in [9.17, 15) is 14.7 Å². The highest BCUT2D eigenvalue weighted by Gasteiger charge is 2.35. The molecule has 0 saturated carbocycles. The Morgan fingerprint density at radius 3 is 2.46 bits per heavy atom. The number of carboxylic acids is 1. The first-order chi connectivity index (χ1) is 11.5. The van der Waals surface area contributed by atoms with Crippen LogP contribution in [0.25, 0.3) is 0 Å². The largest absolute Gasteiger partial charge is 0.481 e. The van der Waals surface area contributed by atoms with Gasteiger partial charge >= 0.3 is 5.97 Å². The van der Waals surface area contributed by atoms with Crippen molar-refractivity contribution in [3.05, 3.63) is 59.3 Å². The lowest BCUT2D eigenvalue weighted by Crippen LogP contribution is -2.27. The highest BCUT2D eigenvalue weighted by atomic mass is 16.4. The molecule has 2 aromatic rings. The predicted molar refractivity (Wildman–Crippen MR) is 90.2 cm³/mol. The first-order valence-electron chi connectivity index (χ1n) is 7.73. The Morgan fingerprint density at radius 2 is 1.88 bits per heavy atom. The number of benzene rings is 1. The SMILES string of the molecule is CN(C)c1ccc(C(=O)NC2CC(C(=O)O)c3ccccc32)cn1. The van der Waals surface area contributed by atoms with Gasteiger partial charge in [-0.05, 0) is 29.7 Å². The maximum atomic E-state index is 12.5. The highest BCUT2D eigenvalue weighted by Crippen LogP contribution is 2.40. The molecule has 0 radical (unpaired) electrons. The number of aromatic nitrogens is 1. The summed E-state index contributed by atoms with van der Waals surface area (Å²) in [6, 6.07) is 10.6. The molecular formula is C18H19N3O3. The lowest BCUT2D eigenvalue weighted by atomic mass is 10.0. The van der Waals surface area contributed by atoms with Gasteiger partial charge in [0.2, 0.25) is 0 Å². The van der Waals surface area contributed by atoms with Crippen LogP contribution in [0, 0.1) is 0 Å². The summed E-state index contributed by atoms with van der Waals surface area (Å²) < 4.78 is 0. The second kappa shape index (κ2) is 6.31. The number of anilines is 1. The van der Waals surface area contributed by atoms with Gasteiger partial charge in [0, 0.05) is 20.3 Å². The molecule has 124 valence electrons. The Bertz CT molecular complexity index is 771. The van der Waals surface area contributed by atoms with Gasteiger partial charge in [-0.1, -0.05) is 24.3 Å². The van der Waals surface area contributed by atoms with Crippen molar-refractivity contribution in [2.75, 3.05) is 19.0 Å². The van der Waals surface area contributed by atoms with E-state index in [-0.39, 0.29) is 11.9 Å². The van der Waals surface area contributed by atoms with Gasteiger partial charge in [0.05, 0.1) is 17.5 Å². The van der Waals surface area contributed by atoms with Crippen molar-refractivity contribution in [1.82, 2.24) is 10.3 Å². The third kappa shape index (κ3) is 2.95. The molecule has 6 heteroatoms. The summed E-state index contributed by atoms with van der Waals surface area (Å²) in [4.78, 5) is 30.0. The molecular weight excluding hydrogens is 306 g/mol. The van der Waals surface area contributed by atoms with Gasteiger partial charge < -0.3 is 15.3 Å².